The van der Waals surface area contributed by atoms with Gasteiger partial charge in [0.05, 0.1) is 7.11 Å². The summed E-state index contributed by atoms with van der Waals surface area (Å²) in [6.07, 6.45) is 0. The maximum absolute atomic E-state index is 12.3. The maximum atomic E-state index is 12.3. The van der Waals surface area contributed by atoms with Gasteiger partial charge in [-0.3, -0.25) is 0 Å². The molecule has 0 radical (unpaired) electrons. The molecule has 0 aliphatic heterocycles. The fourth-order valence-corrected chi connectivity index (χ4v) is 3.06. The molecule has 2 rings (SSSR count). The molecule has 0 aliphatic rings. The average Bonchev–Trinajstić information content (AvgIpc) is 2.46. The summed E-state index contributed by atoms with van der Waals surface area (Å²) in [4.78, 5) is 0.0492. The third-order valence-corrected chi connectivity index (χ3v) is 4.55. The highest BCUT2D eigenvalue weighted by molar-refractivity contribution is 7.89. The van der Waals surface area contributed by atoms with E-state index >= 15 is 0 Å². The van der Waals surface area contributed by atoms with E-state index in [0.717, 1.165) is 5.56 Å². The molecular formula is C14H15ClN2O3S. The monoisotopic (exact) mass is 326 g/mol. The molecule has 0 saturated carbocycles. The predicted molar refractivity (Wildman–Crippen MR) is 82.9 cm³/mol. The number of sulfonamides is 1. The quantitative estimate of drug-likeness (QED) is 0.827. The number of hydrogen-bond donors (Lipinski definition) is 2. The van der Waals surface area contributed by atoms with Gasteiger partial charge in [0.25, 0.3) is 0 Å². The zero-order chi connectivity index (χ0) is 15.5. The molecule has 0 heterocycles. The first kappa shape index (κ1) is 15.6. The summed E-state index contributed by atoms with van der Waals surface area (Å²) in [7, 11) is -2.30. The summed E-state index contributed by atoms with van der Waals surface area (Å²) in [5.41, 5.74) is 6.85. The number of methoxy groups -OCH3 is 1. The van der Waals surface area contributed by atoms with Crippen molar-refractivity contribution in [2.45, 2.75) is 11.4 Å². The lowest BCUT2D eigenvalue weighted by atomic mass is 10.2. The Morgan fingerprint density at radius 1 is 1.19 bits per heavy atom. The van der Waals surface area contributed by atoms with Gasteiger partial charge in [-0.15, -0.1) is 0 Å². The summed E-state index contributed by atoms with van der Waals surface area (Å²) < 4.78 is 32.2. The van der Waals surface area contributed by atoms with Gasteiger partial charge in [0.15, 0.2) is 0 Å². The Balaban J connectivity index is 2.20. The van der Waals surface area contributed by atoms with E-state index in [1.54, 1.807) is 24.3 Å². The van der Waals surface area contributed by atoms with E-state index < -0.39 is 10.0 Å². The molecule has 2 aromatic rings. The van der Waals surface area contributed by atoms with Crippen molar-refractivity contribution in [1.82, 2.24) is 4.72 Å². The van der Waals surface area contributed by atoms with E-state index in [-0.39, 0.29) is 17.2 Å². The number of ether oxygens (including phenoxy) is 1. The fourth-order valence-electron chi connectivity index (χ4n) is 1.76. The number of nitrogens with two attached hydrogens (primary N) is 1. The molecule has 21 heavy (non-hydrogen) atoms. The summed E-state index contributed by atoms with van der Waals surface area (Å²) in [5.74, 6) is 0.207. The van der Waals surface area contributed by atoms with Crippen LogP contribution in [0.5, 0.6) is 5.75 Å². The minimum absolute atomic E-state index is 0.0492. The summed E-state index contributed by atoms with van der Waals surface area (Å²) >= 11 is 5.78. The molecule has 0 atom stereocenters. The lowest BCUT2D eigenvalue weighted by molar-refractivity contribution is 0.402. The number of anilines is 1. The van der Waals surface area contributed by atoms with Crippen LogP contribution in [0.15, 0.2) is 47.4 Å². The largest absolute Gasteiger partial charge is 0.495 e. The molecule has 0 aliphatic carbocycles. The molecule has 0 amide bonds. The molecular weight excluding hydrogens is 312 g/mol. The number of rotatable bonds is 5. The van der Waals surface area contributed by atoms with Crippen molar-refractivity contribution in [3.63, 3.8) is 0 Å². The number of benzene rings is 2. The van der Waals surface area contributed by atoms with Gasteiger partial charge in [-0.1, -0.05) is 23.7 Å². The van der Waals surface area contributed by atoms with Crippen molar-refractivity contribution in [2.75, 3.05) is 12.8 Å². The molecule has 0 bridgehead atoms. The van der Waals surface area contributed by atoms with Crippen molar-refractivity contribution in [3.8, 4) is 5.75 Å². The van der Waals surface area contributed by atoms with Crippen LogP contribution >= 0.6 is 11.6 Å². The Kier molecular flexibility index (Phi) is 4.72. The second-order valence-electron chi connectivity index (χ2n) is 4.36. The molecule has 3 N–H and O–H groups in total. The van der Waals surface area contributed by atoms with Crippen LogP contribution in [0.3, 0.4) is 0 Å². The van der Waals surface area contributed by atoms with Gasteiger partial charge in [-0.05, 0) is 29.8 Å². The van der Waals surface area contributed by atoms with E-state index in [4.69, 9.17) is 22.1 Å². The smallest absolute Gasteiger partial charge is 0.244 e. The second-order valence-corrected chi connectivity index (χ2v) is 6.53. The van der Waals surface area contributed by atoms with Crippen molar-refractivity contribution in [1.29, 1.82) is 0 Å². The van der Waals surface area contributed by atoms with Crippen LogP contribution in [0.25, 0.3) is 0 Å². The SMILES string of the molecule is COc1cc(N)ccc1S(=O)(=O)NCc1ccc(Cl)cc1. The van der Waals surface area contributed by atoms with E-state index in [0.29, 0.717) is 10.7 Å². The first-order valence-electron chi connectivity index (χ1n) is 6.10. The van der Waals surface area contributed by atoms with Crippen LogP contribution in [0.1, 0.15) is 5.56 Å². The first-order chi connectivity index (χ1) is 9.92. The third-order valence-electron chi connectivity index (χ3n) is 2.86. The van der Waals surface area contributed by atoms with Crippen LogP contribution in [0.4, 0.5) is 5.69 Å². The summed E-state index contributed by atoms with van der Waals surface area (Å²) in [6.45, 7) is 0.160. The molecule has 5 nitrogen and oxygen atoms in total. The van der Waals surface area contributed by atoms with Gasteiger partial charge < -0.3 is 10.5 Å². The van der Waals surface area contributed by atoms with Crippen LogP contribution in [0, 0.1) is 0 Å². The van der Waals surface area contributed by atoms with Crippen molar-refractivity contribution in [3.05, 3.63) is 53.1 Å². The predicted octanol–water partition coefficient (Wildman–Crippen LogP) is 2.41. The van der Waals surface area contributed by atoms with Crippen LogP contribution in [-0.2, 0) is 16.6 Å². The van der Waals surface area contributed by atoms with Gasteiger partial charge in [0.1, 0.15) is 10.6 Å². The van der Waals surface area contributed by atoms with E-state index in [2.05, 4.69) is 4.72 Å². The lowest BCUT2D eigenvalue weighted by Gasteiger charge is -2.11. The lowest BCUT2D eigenvalue weighted by Crippen LogP contribution is -2.23. The minimum atomic E-state index is -3.69. The Hall–Kier alpha value is -1.76. The maximum Gasteiger partial charge on any atom is 0.244 e. The van der Waals surface area contributed by atoms with Crippen LogP contribution in [0.2, 0.25) is 5.02 Å². The van der Waals surface area contributed by atoms with Crippen LogP contribution in [-0.4, -0.2) is 15.5 Å². The molecule has 0 fully saturated rings. The highest BCUT2D eigenvalue weighted by atomic mass is 35.5. The van der Waals surface area contributed by atoms with Gasteiger partial charge in [-0.25, -0.2) is 13.1 Å². The number of halogens is 1. The molecule has 0 spiro atoms. The van der Waals surface area contributed by atoms with Gasteiger partial charge in [-0.2, -0.15) is 0 Å². The average molecular weight is 327 g/mol. The molecule has 7 heteroatoms. The molecule has 0 saturated heterocycles. The van der Waals surface area contributed by atoms with Crippen LogP contribution < -0.4 is 15.2 Å². The molecule has 0 aromatic heterocycles. The number of nitrogen functional groups attached to an aromatic ring is 1. The normalized spacial score (nSPS) is 11.3. The third kappa shape index (κ3) is 3.87. The molecule has 2 aromatic carbocycles. The zero-order valence-electron chi connectivity index (χ0n) is 11.3. The zero-order valence-corrected chi connectivity index (χ0v) is 12.9. The van der Waals surface area contributed by atoms with Gasteiger partial charge >= 0.3 is 0 Å². The number of hydrogen-bond acceptors (Lipinski definition) is 4. The Bertz CT molecular complexity index is 730. The second kappa shape index (κ2) is 6.34. The summed E-state index contributed by atoms with van der Waals surface area (Å²) in [5, 5.41) is 0.599. The first-order valence-corrected chi connectivity index (χ1v) is 7.96. The van der Waals surface area contributed by atoms with Crippen molar-refractivity contribution >= 4 is 27.3 Å². The highest BCUT2D eigenvalue weighted by Gasteiger charge is 2.19. The Morgan fingerprint density at radius 2 is 1.86 bits per heavy atom. The van der Waals surface area contributed by atoms with Crippen molar-refractivity contribution in [2.24, 2.45) is 0 Å². The van der Waals surface area contributed by atoms with Gasteiger partial charge in [0, 0.05) is 23.3 Å². The Labute approximate surface area is 128 Å². The Morgan fingerprint density at radius 3 is 2.48 bits per heavy atom. The molecule has 0 unspecified atom stereocenters. The van der Waals surface area contributed by atoms with E-state index in [1.165, 1.54) is 25.3 Å². The summed E-state index contributed by atoms with van der Waals surface area (Å²) in [6, 6.07) is 11.3. The standard InChI is InChI=1S/C14H15ClN2O3S/c1-20-13-8-12(16)6-7-14(13)21(18,19)17-9-10-2-4-11(15)5-3-10/h2-8,17H,9,16H2,1H3. The topological polar surface area (TPSA) is 81.4 Å². The van der Waals surface area contributed by atoms with E-state index in [1.807, 2.05) is 0 Å². The van der Waals surface area contributed by atoms with Crippen molar-refractivity contribution < 1.29 is 13.2 Å². The molecule has 112 valence electrons. The minimum Gasteiger partial charge on any atom is -0.495 e. The van der Waals surface area contributed by atoms with Gasteiger partial charge in [0.2, 0.25) is 10.0 Å². The van der Waals surface area contributed by atoms with E-state index in [9.17, 15) is 8.42 Å². The fraction of sp³-hybridized carbons (Fsp3) is 0.143. The highest BCUT2D eigenvalue weighted by Crippen LogP contribution is 2.26. The number of nitrogens with one attached hydrogen (secondary N) is 1.